The van der Waals surface area contributed by atoms with Crippen molar-refractivity contribution < 1.29 is 5.11 Å². The monoisotopic (exact) mass is 171 g/mol. The van der Waals surface area contributed by atoms with E-state index >= 15 is 0 Å². The summed E-state index contributed by atoms with van der Waals surface area (Å²) in [6, 6.07) is 0.701. The average molecular weight is 171 g/mol. The third-order valence-electron chi connectivity index (χ3n) is 3.05. The van der Waals surface area contributed by atoms with Gasteiger partial charge in [0, 0.05) is 18.2 Å². The van der Waals surface area contributed by atoms with E-state index < -0.39 is 0 Å². The number of hydrogen-bond donors (Lipinski definition) is 1. The molecule has 2 nitrogen and oxygen atoms in total. The van der Waals surface area contributed by atoms with Crippen LogP contribution in [-0.2, 0) is 0 Å². The molecule has 1 aliphatic rings. The minimum absolute atomic E-state index is 0.185. The van der Waals surface area contributed by atoms with Crippen LogP contribution in [0.25, 0.3) is 0 Å². The Morgan fingerprint density at radius 2 is 2.17 bits per heavy atom. The summed E-state index contributed by atoms with van der Waals surface area (Å²) >= 11 is 0. The second-order valence-corrected chi connectivity index (χ2v) is 4.47. The Kier molecular flexibility index (Phi) is 3.13. The van der Waals surface area contributed by atoms with Gasteiger partial charge in [0.1, 0.15) is 0 Å². The van der Waals surface area contributed by atoms with Gasteiger partial charge in [-0.3, -0.25) is 4.90 Å². The molecule has 1 rings (SSSR count). The minimum atomic E-state index is 0.185. The van der Waals surface area contributed by atoms with Crippen molar-refractivity contribution in [3.05, 3.63) is 0 Å². The van der Waals surface area contributed by atoms with Crippen molar-refractivity contribution in [2.75, 3.05) is 13.2 Å². The second-order valence-electron chi connectivity index (χ2n) is 4.47. The van der Waals surface area contributed by atoms with Gasteiger partial charge < -0.3 is 5.11 Å². The van der Waals surface area contributed by atoms with E-state index in [9.17, 15) is 0 Å². The largest absolute Gasteiger partial charge is 0.396 e. The SMILES string of the molecule is CC1CCCN1C(C)(C)CCO. The molecule has 1 saturated heterocycles. The van der Waals surface area contributed by atoms with Crippen LogP contribution in [-0.4, -0.2) is 34.7 Å². The van der Waals surface area contributed by atoms with Gasteiger partial charge in [0.2, 0.25) is 0 Å². The Morgan fingerprint density at radius 3 is 2.58 bits per heavy atom. The summed E-state index contributed by atoms with van der Waals surface area (Å²) in [5.74, 6) is 0. The number of likely N-dealkylation sites (tertiary alicyclic amines) is 1. The summed E-state index contributed by atoms with van der Waals surface area (Å²) in [4.78, 5) is 2.52. The van der Waals surface area contributed by atoms with Crippen molar-refractivity contribution in [3.8, 4) is 0 Å². The third-order valence-corrected chi connectivity index (χ3v) is 3.05. The van der Waals surface area contributed by atoms with E-state index in [0.717, 1.165) is 6.42 Å². The predicted molar refractivity (Wildman–Crippen MR) is 51.2 cm³/mol. The van der Waals surface area contributed by atoms with Gasteiger partial charge in [-0.1, -0.05) is 0 Å². The van der Waals surface area contributed by atoms with E-state index in [0.29, 0.717) is 12.6 Å². The Labute approximate surface area is 75.6 Å². The number of aliphatic hydroxyl groups is 1. The first-order chi connectivity index (χ1) is 5.58. The summed E-state index contributed by atoms with van der Waals surface area (Å²) in [6.45, 7) is 8.24. The molecule has 0 bridgehead atoms. The summed E-state index contributed by atoms with van der Waals surface area (Å²) < 4.78 is 0. The first-order valence-electron chi connectivity index (χ1n) is 4.95. The van der Waals surface area contributed by atoms with Crippen LogP contribution >= 0.6 is 0 Å². The molecule has 0 aromatic heterocycles. The maximum absolute atomic E-state index is 8.92. The molecule has 12 heavy (non-hydrogen) atoms. The highest BCUT2D eigenvalue weighted by Crippen LogP contribution is 2.28. The zero-order valence-electron chi connectivity index (χ0n) is 8.51. The van der Waals surface area contributed by atoms with Crippen LogP contribution in [0.15, 0.2) is 0 Å². The van der Waals surface area contributed by atoms with Gasteiger partial charge in [0.15, 0.2) is 0 Å². The van der Waals surface area contributed by atoms with Gasteiger partial charge in [0.25, 0.3) is 0 Å². The van der Waals surface area contributed by atoms with Gasteiger partial charge in [-0.25, -0.2) is 0 Å². The van der Waals surface area contributed by atoms with Crippen molar-refractivity contribution in [3.63, 3.8) is 0 Å². The quantitative estimate of drug-likeness (QED) is 0.697. The van der Waals surface area contributed by atoms with E-state index in [-0.39, 0.29) is 5.54 Å². The predicted octanol–water partition coefficient (Wildman–Crippen LogP) is 1.63. The molecule has 0 spiro atoms. The molecule has 1 heterocycles. The average Bonchev–Trinajstić information content (AvgIpc) is 2.35. The van der Waals surface area contributed by atoms with Crippen molar-refractivity contribution in [2.24, 2.45) is 0 Å². The normalized spacial score (nSPS) is 26.5. The molecule has 0 aliphatic carbocycles. The molecule has 1 aliphatic heterocycles. The van der Waals surface area contributed by atoms with Crippen LogP contribution in [0.3, 0.4) is 0 Å². The molecule has 1 atom stereocenters. The fraction of sp³-hybridized carbons (Fsp3) is 1.00. The molecule has 0 amide bonds. The molecule has 1 N–H and O–H groups in total. The second kappa shape index (κ2) is 3.75. The third kappa shape index (κ3) is 1.99. The first kappa shape index (κ1) is 10.0. The lowest BCUT2D eigenvalue weighted by Crippen LogP contribution is -2.46. The molecule has 72 valence electrons. The zero-order valence-corrected chi connectivity index (χ0v) is 8.51. The molecule has 0 aromatic rings. The molecule has 2 heteroatoms. The van der Waals surface area contributed by atoms with Crippen LogP contribution in [0.5, 0.6) is 0 Å². The van der Waals surface area contributed by atoms with Crippen molar-refractivity contribution in [1.82, 2.24) is 4.90 Å². The molecule has 1 fully saturated rings. The summed E-state index contributed by atoms with van der Waals surface area (Å²) in [5, 5.41) is 8.92. The Morgan fingerprint density at radius 1 is 1.50 bits per heavy atom. The summed E-state index contributed by atoms with van der Waals surface area (Å²) in [6.07, 6.45) is 3.52. The van der Waals surface area contributed by atoms with E-state index in [2.05, 4.69) is 25.7 Å². The summed E-state index contributed by atoms with van der Waals surface area (Å²) in [7, 11) is 0. The number of hydrogen-bond acceptors (Lipinski definition) is 2. The van der Waals surface area contributed by atoms with Crippen LogP contribution in [0.1, 0.15) is 40.0 Å². The van der Waals surface area contributed by atoms with Gasteiger partial charge in [0.05, 0.1) is 0 Å². The highest BCUT2D eigenvalue weighted by Gasteiger charge is 2.32. The highest BCUT2D eigenvalue weighted by molar-refractivity contribution is 4.88. The van der Waals surface area contributed by atoms with Crippen molar-refractivity contribution in [2.45, 2.75) is 51.6 Å². The first-order valence-corrected chi connectivity index (χ1v) is 4.95. The summed E-state index contributed by atoms with van der Waals surface area (Å²) in [5.41, 5.74) is 0.185. The van der Waals surface area contributed by atoms with Crippen molar-refractivity contribution >= 4 is 0 Å². The topological polar surface area (TPSA) is 23.5 Å². The van der Waals surface area contributed by atoms with Gasteiger partial charge >= 0.3 is 0 Å². The maximum atomic E-state index is 8.92. The van der Waals surface area contributed by atoms with Gasteiger partial charge in [-0.05, 0) is 46.6 Å². The Balaban J connectivity index is 2.54. The standard InChI is InChI=1S/C10H21NO/c1-9-5-4-7-11(9)10(2,3)6-8-12/h9,12H,4-8H2,1-3H3. The van der Waals surface area contributed by atoms with Gasteiger partial charge in [-0.2, -0.15) is 0 Å². The Bertz CT molecular complexity index is 145. The zero-order chi connectivity index (χ0) is 9.19. The lowest BCUT2D eigenvalue weighted by molar-refractivity contribution is 0.0841. The number of aliphatic hydroxyl groups excluding tert-OH is 1. The van der Waals surface area contributed by atoms with Crippen molar-refractivity contribution in [1.29, 1.82) is 0 Å². The van der Waals surface area contributed by atoms with Crippen LogP contribution < -0.4 is 0 Å². The Hall–Kier alpha value is -0.0800. The molecular weight excluding hydrogens is 150 g/mol. The fourth-order valence-electron chi connectivity index (χ4n) is 2.25. The van der Waals surface area contributed by atoms with E-state index in [1.165, 1.54) is 19.4 Å². The van der Waals surface area contributed by atoms with Gasteiger partial charge in [-0.15, -0.1) is 0 Å². The smallest absolute Gasteiger partial charge is 0.0448 e. The van der Waals surface area contributed by atoms with E-state index in [1.54, 1.807) is 0 Å². The lowest BCUT2D eigenvalue weighted by Gasteiger charge is -2.38. The van der Waals surface area contributed by atoms with E-state index in [4.69, 9.17) is 5.11 Å². The van der Waals surface area contributed by atoms with Crippen LogP contribution in [0.4, 0.5) is 0 Å². The molecule has 0 saturated carbocycles. The van der Waals surface area contributed by atoms with Crippen LogP contribution in [0, 0.1) is 0 Å². The maximum Gasteiger partial charge on any atom is 0.0448 e. The lowest BCUT2D eigenvalue weighted by atomic mass is 9.98. The molecule has 0 aromatic carbocycles. The number of rotatable bonds is 3. The number of nitrogens with zero attached hydrogens (tertiary/aromatic N) is 1. The fourth-order valence-corrected chi connectivity index (χ4v) is 2.25. The van der Waals surface area contributed by atoms with Crippen LogP contribution in [0.2, 0.25) is 0 Å². The molecule has 1 unspecified atom stereocenters. The molecule has 0 radical (unpaired) electrons. The molecular formula is C10H21NO. The highest BCUT2D eigenvalue weighted by atomic mass is 16.3. The van der Waals surface area contributed by atoms with E-state index in [1.807, 2.05) is 0 Å². The minimum Gasteiger partial charge on any atom is -0.396 e.